The van der Waals surface area contributed by atoms with Crippen LogP contribution in [0.2, 0.25) is 5.02 Å². The smallest absolute Gasteiger partial charge is 0.323 e. The number of nitrogens with one attached hydrogen (secondary N) is 1. The molecule has 0 spiro atoms. The van der Waals surface area contributed by atoms with E-state index in [4.69, 9.17) is 21.1 Å². The summed E-state index contributed by atoms with van der Waals surface area (Å²) in [5.74, 6) is 1.20. The van der Waals surface area contributed by atoms with Gasteiger partial charge in [-0.1, -0.05) is 23.7 Å². The lowest BCUT2D eigenvalue weighted by Gasteiger charge is -2.32. The number of benzene rings is 2. The van der Waals surface area contributed by atoms with E-state index in [1.165, 1.54) is 21.0 Å². The van der Waals surface area contributed by atoms with Gasteiger partial charge in [0.15, 0.2) is 0 Å². The quantitative estimate of drug-likeness (QED) is 0.323. The molecule has 0 saturated heterocycles. The number of hydrogen-bond acceptors (Lipinski definition) is 5. The molecule has 0 bridgehead atoms. The number of aromatic nitrogens is 1. The average Bonchev–Trinajstić information content (AvgIpc) is 3.50. The van der Waals surface area contributed by atoms with Crippen LogP contribution in [0.15, 0.2) is 60.8 Å². The maximum atomic E-state index is 14.2. The first-order chi connectivity index (χ1) is 18.5. The van der Waals surface area contributed by atoms with Crippen molar-refractivity contribution in [1.29, 1.82) is 0 Å². The number of hydrogen-bond donors (Lipinski definition) is 1. The Bertz CT molecular complexity index is 1500. The number of fused-ring (bicyclic) bond motifs is 5. The van der Waals surface area contributed by atoms with Crippen molar-refractivity contribution in [3.05, 3.63) is 93.1 Å². The van der Waals surface area contributed by atoms with Gasteiger partial charge in [0.2, 0.25) is 0 Å². The van der Waals surface area contributed by atoms with Crippen LogP contribution >= 0.6 is 22.9 Å². The molecule has 38 heavy (non-hydrogen) atoms. The predicted molar refractivity (Wildman–Crippen MR) is 151 cm³/mol. The lowest BCUT2D eigenvalue weighted by molar-refractivity contribution is 0.194. The molecule has 0 fully saturated rings. The predicted octanol–water partition coefficient (Wildman–Crippen LogP) is 6.33. The minimum absolute atomic E-state index is 0.218. The standard InChI is InChI=1S/C29H29ClN4O3S/c1-32-14-12-21-22-16-34(29(35)31-23-15-20(36-2)10-11-25(23)37-3)27(18-6-8-19(30)9-7-18)24-5-4-13-33(24)28(22)38-26(21)17-32/h4-11,13,15,27H,12,14,16-17H2,1-3H3,(H,31,35)/t27-/m1/s1. The number of amides is 2. The van der Waals surface area contributed by atoms with Crippen molar-refractivity contribution >= 4 is 34.7 Å². The van der Waals surface area contributed by atoms with Gasteiger partial charge in [-0.2, -0.15) is 0 Å². The highest BCUT2D eigenvalue weighted by Gasteiger charge is 2.36. The zero-order valence-electron chi connectivity index (χ0n) is 21.5. The maximum absolute atomic E-state index is 14.2. The van der Waals surface area contributed by atoms with E-state index in [-0.39, 0.29) is 12.1 Å². The average molecular weight is 549 g/mol. The number of rotatable bonds is 4. The third-order valence-electron chi connectivity index (χ3n) is 7.35. The summed E-state index contributed by atoms with van der Waals surface area (Å²) in [5, 5.41) is 4.97. The zero-order chi connectivity index (χ0) is 26.4. The molecular weight excluding hydrogens is 520 g/mol. The Hall–Kier alpha value is -3.46. The molecule has 0 radical (unpaired) electrons. The van der Waals surface area contributed by atoms with Crippen LogP contribution in [0.25, 0.3) is 5.00 Å². The number of carbonyl (C=O) groups is 1. The molecule has 2 aromatic carbocycles. The van der Waals surface area contributed by atoms with Gasteiger partial charge in [-0.25, -0.2) is 4.79 Å². The van der Waals surface area contributed by atoms with E-state index in [1.807, 2.05) is 46.6 Å². The molecule has 0 unspecified atom stereocenters. The second-order valence-corrected chi connectivity index (χ2v) is 11.2. The third-order valence-corrected chi connectivity index (χ3v) is 8.86. The number of nitrogens with zero attached hydrogens (tertiary/aromatic N) is 3. The van der Waals surface area contributed by atoms with Crippen molar-refractivity contribution in [2.45, 2.75) is 25.6 Å². The minimum atomic E-state index is -0.319. The van der Waals surface area contributed by atoms with Crippen molar-refractivity contribution in [3.8, 4) is 16.5 Å². The molecule has 9 heteroatoms. The second-order valence-electron chi connectivity index (χ2n) is 9.66. The van der Waals surface area contributed by atoms with Crippen molar-refractivity contribution in [1.82, 2.24) is 14.4 Å². The molecule has 2 aliphatic rings. The number of methoxy groups -OCH3 is 2. The lowest BCUT2D eigenvalue weighted by Crippen LogP contribution is -2.38. The van der Waals surface area contributed by atoms with Gasteiger partial charge in [0, 0.05) is 40.8 Å². The van der Waals surface area contributed by atoms with E-state index in [9.17, 15) is 4.79 Å². The molecular formula is C29H29ClN4O3S. The van der Waals surface area contributed by atoms with Crippen LogP contribution in [-0.2, 0) is 19.5 Å². The van der Waals surface area contributed by atoms with E-state index in [2.05, 4.69) is 40.2 Å². The Morgan fingerprint density at radius 2 is 1.87 bits per heavy atom. The fourth-order valence-electron chi connectivity index (χ4n) is 5.45. The van der Waals surface area contributed by atoms with Gasteiger partial charge in [-0.05, 0) is 61.0 Å². The van der Waals surface area contributed by atoms with Crippen LogP contribution in [0, 0.1) is 0 Å². The normalized spacial score (nSPS) is 16.7. The van der Waals surface area contributed by atoms with E-state index in [1.54, 1.807) is 26.4 Å². The van der Waals surface area contributed by atoms with Crippen molar-refractivity contribution in [2.75, 3.05) is 33.1 Å². The Morgan fingerprint density at radius 3 is 2.63 bits per heavy atom. The van der Waals surface area contributed by atoms with Crippen LogP contribution in [0.5, 0.6) is 11.5 Å². The molecule has 6 rings (SSSR count). The fraction of sp³-hybridized carbons (Fsp3) is 0.276. The molecule has 0 aliphatic carbocycles. The van der Waals surface area contributed by atoms with E-state index in [0.717, 1.165) is 30.8 Å². The molecule has 196 valence electrons. The first-order valence-corrected chi connectivity index (χ1v) is 13.7. The fourth-order valence-corrected chi connectivity index (χ4v) is 7.01. The number of likely N-dealkylation sites (N-methyl/N-ethyl adjacent to an activating group) is 1. The van der Waals surface area contributed by atoms with Gasteiger partial charge >= 0.3 is 6.03 Å². The van der Waals surface area contributed by atoms with Crippen molar-refractivity contribution < 1.29 is 14.3 Å². The minimum Gasteiger partial charge on any atom is -0.497 e. The molecule has 7 nitrogen and oxygen atoms in total. The Kier molecular flexibility index (Phi) is 6.55. The number of carbonyl (C=O) groups excluding carboxylic acids is 1. The third kappa shape index (κ3) is 4.32. The first-order valence-electron chi connectivity index (χ1n) is 12.5. The summed E-state index contributed by atoms with van der Waals surface area (Å²) < 4.78 is 13.2. The number of halogens is 1. The van der Waals surface area contributed by atoms with Crippen molar-refractivity contribution in [3.63, 3.8) is 0 Å². The first kappa shape index (κ1) is 24.9. The second kappa shape index (κ2) is 10.0. The largest absolute Gasteiger partial charge is 0.497 e. The molecule has 1 atom stereocenters. The number of thiophene rings is 1. The molecule has 4 heterocycles. The lowest BCUT2D eigenvalue weighted by atomic mass is 10.0. The summed E-state index contributed by atoms with van der Waals surface area (Å²) in [6, 6.07) is 16.8. The summed E-state index contributed by atoms with van der Waals surface area (Å²) in [6.45, 7) is 2.41. The van der Waals surface area contributed by atoms with Gasteiger partial charge in [0.05, 0.1) is 38.2 Å². The molecule has 2 aromatic heterocycles. The summed E-state index contributed by atoms with van der Waals surface area (Å²) >= 11 is 8.09. The maximum Gasteiger partial charge on any atom is 0.323 e. The van der Waals surface area contributed by atoms with E-state index < -0.39 is 0 Å². The van der Waals surface area contributed by atoms with E-state index in [0.29, 0.717) is 28.8 Å². The SMILES string of the molecule is COc1ccc(OC)c(NC(=O)N2Cc3c(sc4c3CCN(C)C4)-n3cccc3[C@H]2c2ccc(Cl)cc2)c1. The van der Waals surface area contributed by atoms with Crippen molar-refractivity contribution in [2.24, 2.45) is 0 Å². The van der Waals surface area contributed by atoms with Gasteiger partial charge in [0.1, 0.15) is 16.5 Å². The number of urea groups is 1. The summed E-state index contributed by atoms with van der Waals surface area (Å²) in [5.41, 5.74) is 5.17. The molecule has 2 amide bonds. The summed E-state index contributed by atoms with van der Waals surface area (Å²) in [4.78, 5) is 19.9. The van der Waals surface area contributed by atoms with Gasteiger partial charge in [-0.15, -0.1) is 11.3 Å². The van der Waals surface area contributed by atoms with Gasteiger partial charge in [-0.3, -0.25) is 0 Å². The van der Waals surface area contributed by atoms with Crippen LogP contribution in [0.3, 0.4) is 0 Å². The highest BCUT2D eigenvalue weighted by atomic mass is 35.5. The van der Waals surface area contributed by atoms with Crippen LogP contribution in [0.1, 0.15) is 33.3 Å². The van der Waals surface area contributed by atoms with Gasteiger partial charge < -0.3 is 29.2 Å². The molecule has 0 saturated carbocycles. The molecule has 1 N–H and O–H groups in total. The van der Waals surface area contributed by atoms with Gasteiger partial charge in [0.25, 0.3) is 0 Å². The summed E-state index contributed by atoms with van der Waals surface area (Å²) in [7, 11) is 5.35. The topological polar surface area (TPSA) is 59.0 Å². The highest BCUT2D eigenvalue weighted by Crippen LogP contribution is 2.44. The number of anilines is 1. The molecule has 4 aromatic rings. The van der Waals surface area contributed by atoms with Crippen LogP contribution in [0.4, 0.5) is 10.5 Å². The zero-order valence-corrected chi connectivity index (χ0v) is 23.1. The van der Waals surface area contributed by atoms with E-state index >= 15 is 0 Å². The molecule has 2 aliphatic heterocycles. The Labute approximate surface area is 231 Å². The Balaban J connectivity index is 1.48. The summed E-state index contributed by atoms with van der Waals surface area (Å²) in [6.07, 6.45) is 3.08. The monoisotopic (exact) mass is 548 g/mol. The van der Waals surface area contributed by atoms with Crippen LogP contribution in [-0.4, -0.2) is 48.2 Å². The Morgan fingerprint density at radius 1 is 1.05 bits per heavy atom. The number of ether oxygens (including phenoxy) is 2. The van der Waals surface area contributed by atoms with Crippen LogP contribution < -0.4 is 14.8 Å². The highest BCUT2D eigenvalue weighted by molar-refractivity contribution is 7.15.